The van der Waals surface area contributed by atoms with E-state index in [1.54, 1.807) is 0 Å². The highest BCUT2D eigenvalue weighted by Crippen LogP contribution is 2.34. The molecule has 0 aliphatic heterocycles. The van der Waals surface area contributed by atoms with Gasteiger partial charge in [0.25, 0.3) is 0 Å². The Labute approximate surface area is 160 Å². The summed E-state index contributed by atoms with van der Waals surface area (Å²) < 4.78 is 0. The first-order valence-electron chi connectivity index (χ1n) is 9.33. The van der Waals surface area contributed by atoms with E-state index in [1.807, 2.05) is 38.5 Å². The summed E-state index contributed by atoms with van der Waals surface area (Å²) in [7, 11) is 3.86. The Kier molecular flexibility index (Phi) is 4.92. The fourth-order valence-corrected chi connectivity index (χ4v) is 3.65. The second-order valence-electron chi connectivity index (χ2n) is 6.99. The number of aromatic nitrogens is 2. The summed E-state index contributed by atoms with van der Waals surface area (Å²) in [5.74, 6) is 2.38. The summed E-state index contributed by atoms with van der Waals surface area (Å²) in [6.07, 6.45) is 3.03. The number of nitrogens with one attached hydrogen (secondary N) is 2. The maximum atomic E-state index is 4.52. The molecule has 2 N–H and O–H groups in total. The molecule has 1 heterocycles. The van der Waals surface area contributed by atoms with E-state index in [-0.39, 0.29) is 0 Å². The Bertz CT molecular complexity index is 929. The summed E-state index contributed by atoms with van der Waals surface area (Å²) in [6, 6.07) is 18.9. The molecule has 0 saturated heterocycles. The number of hydrogen-bond donors (Lipinski definition) is 2. The standard InChI is InChI=1S/C22H25N5/c1-23-22(25-13-18-12-17-10-6-7-11-19(17)18)27(2)15-21-24-14-20(26-21)16-8-4-3-5-9-16/h3-11,14,18H,12-13,15H2,1-2H3,(H,23,25)(H,24,26). The van der Waals surface area contributed by atoms with Crippen LogP contribution >= 0.6 is 0 Å². The maximum absolute atomic E-state index is 4.52. The highest BCUT2D eigenvalue weighted by Gasteiger charge is 2.25. The van der Waals surface area contributed by atoms with Crippen LogP contribution in [0.1, 0.15) is 22.9 Å². The van der Waals surface area contributed by atoms with Gasteiger partial charge in [-0.25, -0.2) is 4.98 Å². The number of aromatic amines is 1. The van der Waals surface area contributed by atoms with E-state index in [4.69, 9.17) is 0 Å². The molecule has 5 nitrogen and oxygen atoms in total. The third kappa shape index (κ3) is 3.72. The minimum Gasteiger partial charge on any atom is -0.356 e. The van der Waals surface area contributed by atoms with E-state index < -0.39 is 0 Å². The molecule has 1 unspecified atom stereocenters. The second kappa shape index (κ2) is 7.66. The molecule has 138 valence electrons. The van der Waals surface area contributed by atoms with Gasteiger partial charge in [-0.2, -0.15) is 0 Å². The minimum atomic E-state index is 0.569. The van der Waals surface area contributed by atoms with Gasteiger partial charge in [-0.05, 0) is 23.1 Å². The molecule has 5 heteroatoms. The van der Waals surface area contributed by atoms with Gasteiger partial charge < -0.3 is 15.2 Å². The Morgan fingerprint density at radius 2 is 1.96 bits per heavy atom. The van der Waals surface area contributed by atoms with E-state index >= 15 is 0 Å². The monoisotopic (exact) mass is 359 g/mol. The molecule has 1 atom stereocenters. The van der Waals surface area contributed by atoms with Gasteiger partial charge in [0, 0.05) is 26.6 Å². The average Bonchev–Trinajstić information content (AvgIpc) is 3.14. The zero-order chi connectivity index (χ0) is 18.6. The molecule has 1 aliphatic rings. The van der Waals surface area contributed by atoms with Gasteiger partial charge in [0.15, 0.2) is 5.96 Å². The van der Waals surface area contributed by atoms with Gasteiger partial charge >= 0.3 is 0 Å². The smallest absolute Gasteiger partial charge is 0.193 e. The lowest BCUT2D eigenvalue weighted by atomic mass is 9.78. The number of nitrogens with zero attached hydrogens (tertiary/aromatic N) is 3. The van der Waals surface area contributed by atoms with Crippen molar-refractivity contribution in [3.05, 3.63) is 77.7 Å². The number of hydrogen-bond acceptors (Lipinski definition) is 2. The molecule has 4 rings (SSSR count). The number of benzene rings is 2. The second-order valence-corrected chi connectivity index (χ2v) is 6.99. The Morgan fingerprint density at radius 3 is 2.74 bits per heavy atom. The van der Waals surface area contributed by atoms with Gasteiger partial charge in [0.05, 0.1) is 18.4 Å². The molecule has 1 aliphatic carbocycles. The zero-order valence-corrected chi connectivity index (χ0v) is 15.8. The molecule has 0 bridgehead atoms. The highest BCUT2D eigenvalue weighted by atomic mass is 15.3. The summed E-state index contributed by atoms with van der Waals surface area (Å²) in [6.45, 7) is 1.58. The lowest BCUT2D eigenvalue weighted by Crippen LogP contribution is -2.42. The Balaban J connectivity index is 1.34. The molecule has 0 amide bonds. The predicted molar refractivity (Wildman–Crippen MR) is 110 cm³/mol. The maximum Gasteiger partial charge on any atom is 0.193 e. The van der Waals surface area contributed by atoms with Crippen LogP contribution in [0.25, 0.3) is 11.3 Å². The van der Waals surface area contributed by atoms with E-state index in [1.165, 1.54) is 11.1 Å². The quantitative estimate of drug-likeness (QED) is 0.542. The van der Waals surface area contributed by atoms with Crippen LogP contribution in [0.3, 0.4) is 0 Å². The number of rotatable bonds is 5. The Morgan fingerprint density at radius 1 is 1.19 bits per heavy atom. The van der Waals surface area contributed by atoms with Crippen LogP contribution in [0, 0.1) is 0 Å². The van der Waals surface area contributed by atoms with Crippen molar-refractivity contribution in [2.24, 2.45) is 4.99 Å². The molecule has 2 aromatic carbocycles. The predicted octanol–water partition coefficient (Wildman–Crippen LogP) is 3.42. The van der Waals surface area contributed by atoms with Crippen molar-refractivity contribution in [1.82, 2.24) is 20.2 Å². The summed E-state index contributed by atoms with van der Waals surface area (Å²) in [4.78, 5) is 14.4. The van der Waals surface area contributed by atoms with Gasteiger partial charge in [0.1, 0.15) is 5.82 Å². The van der Waals surface area contributed by atoms with Gasteiger partial charge in [-0.1, -0.05) is 54.6 Å². The molecule has 0 saturated carbocycles. The molecule has 0 spiro atoms. The molecule has 0 fully saturated rings. The van der Waals surface area contributed by atoms with Crippen LogP contribution in [0.5, 0.6) is 0 Å². The van der Waals surface area contributed by atoms with E-state index in [9.17, 15) is 0 Å². The van der Waals surface area contributed by atoms with E-state index in [0.717, 1.165) is 36.0 Å². The van der Waals surface area contributed by atoms with Gasteiger partial charge in [-0.3, -0.25) is 4.99 Å². The first kappa shape index (κ1) is 17.3. The number of aliphatic imine (C=N–C) groups is 1. The highest BCUT2D eigenvalue weighted by molar-refractivity contribution is 5.79. The fraction of sp³-hybridized carbons (Fsp3) is 0.273. The minimum absolute atomic E-state index is 0.569. The topological polar surface area (TPSA) is 56.3 Å². The number of H-pyrrole nitrogens is 1. The zero-order valence-electron chi connectivity index (χ0n) is 15.8. The molecular weight excluding hydrogens is 334 g/mol. The van der Waals surface area contributed by atoms with Crippen LogP contribution in [0.2, 0.25) is 0 Å². The van der Waals surface area contributed by atoms with Crippen LogP contribution < -0.4 is 5.32 Å². The summed E-state index contributed by atoms with van der Waals surface area (Å²) in [5.41, 5.74) is 5.11. The SMILES string of the molecule is CN=C(NCC1Cc2ccccc21)N(C)Cc1ncc(-c2ccccc2)[nH]1. The largest absolute Gasteiger partial charge is 0.356 e. The van der Waals surface area contributed by atoms with Crippen molar-refractivity contribution < 1.29 is 0 Å². The first-order valence-corrected chi connectivity index (χ1v) is 9.33. The first-order chi connectivity index (χ1) is 13.2. The fourth-order valence-electron chi connectivity index (χ4n) is 3.65. The van der Waals surface area contributed by atoms with Crippen molar-refractivity contribution in [2.45, 2.75) is 18.9 Å². The van der Waals surface area contributed by atoms with Crippen molar-refractivity contribution in [3.8, 4) is 11.3 Å². The molecule has 0 radical (unpaired) electrons. The molecule has 27 heavy (non-hydrogen) atoms. The van der Waals surface area contributed by atoms with Crippen LogP contribution in [0.4, 0.5) is 0 Å². The van der Waals surface area contributed by atoms with Crippen molar-refractivity contribution >= 4 is 5.96 Å². The molecule has 1 aromatic heterocycles. The third-order valence-electron chi connectivity index (χ3n) is 5.14. The summed E-state index contributed by atoms with van der Waals surface area (Å²) >= 11 is 0. The van der Waals surface area contributed by atoms with Crippen molar-refractivity contribution in [2.75, 3.05) is 20.6 Å². The molecule has 3 aromatic rings. The average molecular weight is 359 g/mol. The normalized spacial score (nSPS) is 15.8. The van der Waals surface area contributed by atoms with E-state index in [2.05, 4.69) is 61.6 Å². The van der Waals surface area contributed by atoms with Gasteiger partial charge in [0.2, 0.25) is 0 Å². The van der Waals surface area contributed by atoms with Crippen molar-refractivity contribution in [3.63, 3.8) is 0 Å². The lowest BCUT2D eigenvalue weighted by molar-refractivity contribution is 0.456. The number of fused-ring (bicyclic) bond motifs is 1. The van der Waals surface area contributed by atoms with Crippen molar-refractivity contribution in [1.29, 1.82) is 0 Å². The Hall–Kier alpha value is -3.08. The number of guanidine groups is 1. The number of imidazole rings is 1. The third-order valence-corrected chi connectivity index (χ3v) is 5.14. The van der Waals surface area contributed by atoms with Crippen LogP contribution in [0.15, 0.2) is 65.8 Å². The van der Waals surface area contributed by atoms with E-state index in [0.29, 0.717) is 12.5 Å². The van der Waals surface area contributed by atoms with Crippen LogP contribution in [-0.2, 0) is 13.0 Å². The lowest BCUT2D eigenvalue weighted by Gasteiger charge is -2.31. The van der Waals surface area contributed by atoms with Gasteiger partial charge in [-0.15, -0.1) is 0 Å². The molecular formula is C22H25N5. The van der Waals surface area contributed by atoms with Crippen LogP contribution in [-0.4, -0.2) is 41.5 Å². The summed E-state index contributed by atoms with van der Waals surface area (Å²) in [5, 5.41) is 3.51.